The monoisotopic (exact) mass is 349 g/mol. The van der Waals surface area contributed by atoms with Gasteiger partial charge in [0.2, 0.25) is 5.91 Å². The van der Waals surface area contributed by atoms with Gasteiger partial charge >= 0.3 is 0 Å². The molecule has 2 fully saturated rings. The molecule has 1 aromatic rings. The number of nitrogens with zero attached hydrogens (tertiary/aromatic N) is 3. The first-order chi connectivity index (χ1) is 12.1. The van der Waals surface area contributed by atoms with E-state index < -0.39 is 0 Å². The predicted molar refractivity (Wildman–Crippen MR) is 94.7 cm³/mol. The highest BCUT2D eigenvalue weighted by Gasteiger charge is 2.25. The molecule has 3 heterocycles. The predicted octanol–water partition coefficient (Wildman–Crippen LogP) is -0.0343. The van der Waals surface area contributed by atoms with Gasteiger partial charge in [-0.1, -0.05) is 0 Å². The average Bonchev–Trinajstić information content (AvgIpc) is 2.63. The van der Waals surface area contributed by atoms with Crippen molar-refractivity contribution in [3.05, 3.63) is 22.7 Å². The minimum Gasteiger partial charge on any atom is -0.378 e. The molecule has 3 rings (SSSR count). The summed E-state index contributed by atoms with van der Waals surface area (Å²) < 4.78 is 5.29. The summed E-state index contributed by atoms with van der Waals surface area (Å²) in [5, 5.41) is 3.55. The first-order valence-corrected chi connectivity index (χ1v) is 9.03. The highest BCUT2D eigenvalue weighted by Crippen LogP contribution is 2.15. The number of ether oxygens (including phenoxy) is 1. The zero-order valence-corrected chi connectivity index (χ0v) is 14.7. The van der Waals surface area contributed by atoms with E-state index in [1.54, 1.807) is 12.4 Å². The summed E-state index contributed by atoms with van der Waals surface area (Å²) in [6, 6.07) is 0.352. The van der Waals surface area contributed by atoms with Gasteiger partial charge in [0.15, 0.2) is 5.82 Å². The van der Waals surface area contributed by atoms with E-state index in [1.807, 2.05) is 16.7 Å². The van der Waals surface area contributed by atoms with Crippen LogP contribution >= 0.6 is 0 Å². The Hall–Kier alpha value is -1.93. The number of aromatic nitrogens is 2. The molecule has 25 heavy (non-hydrogen) atoms. The summed E-state index contributed by atoms with van der Waals surface area (Å²) in [6.07, 6.45) is 5.68. The van der Waals surface area contributed by atoms with E-state index in [0.29, 0.717) is 38.5 Å². The molecule has 2 unspecified atom stereocenters. The standard InChI is InChI=1S/C17H27N5O3/c1-13(11-15(23)21-7-9-25-10-8-21)20-14-3-2-6-22(12-14)16-17(24)19-5-4-18-16/h4-5,13-14,20H,2-3,6-12H2,1H3,(H,19,24). The fraction of sp³-hybridized carbons (Fsp3) is 0.706. The van der Waals surface area contributed by atoms with E-state index in [-0.39, 0.29) is 23.6 Å². The average molecular weight is 349 g/mol. The van der Waals surface area contributed by atoms with Gasteiger partial charge in [-0.15, -0.1) is 0 Å². The lowest BCUT2D eigenvalue weighted by molar-refractivity contribution is -0.135. The summed E-state index contributed by atoms with van der Waals surface area (Å²) in [7, 11) is 0. The summed E-state index contributed by atoms with van der Waals surface area (Å²) in [4.78, 5) is 35.1. The first-order valence-electron chi connectivity index (χ1n) is 9.03. The third-order valence-electron chi connectivity index (χ3n) is 4.77. The van der Waals surface area contributed by atoms with Crippen molar-refractivity contribution in [1.29, 1.82) is 0 Å². The number of hydrogen-bond acceptors (Lipinski definition) is 6. The van der Waals surface area contributed by atoms with Gasteiger partial charge in [-0.05, 0) is 19.8 Å². The first kappa shape index (κ1) is 17.9. The molecule has 2 aliphatic heterocycles. The lowest BCUT2D eigenvalue weighted by Gasteiger charge is -2.35. The Labute approximate surface area is 147 Å². The Morgan fingerprint density at radius 3 is 3.00 bits per heavy atom. The molecular formula is C17H27N5O3. The van der Waals surface area contributed by atoms with Crippen molar-refractivity contribution >= 4 is 11.7 Å². The molecule has 0 saturated carbocycles. The van der Waals surface area contributed by atoms with Crippen LogP contribution in [-0.2, 0) is 9.53 Å². The fourth-order valence-corrected chi connectivity index (χ4v) is 3.54. The van der Waals surface area contributed by atoms with Gasteiger partial charge in [-0.2, -0.15) is 0 Å². The maximum Gasteiger partial charge on any atom is 0.290 e. The lowest BCUT2D eigenvalue weighted by Crippen LogP contribution is -2.51. The van der Waals surface area contributed by atoms with Crippen LogP contribution in [-0.4, -0.2) is 72.3 Å². The quantitative estimate of drug-likeness (QED) is 0.776. The highest BCUT2D eigenvalue weighted by molar-refractivity contribution is 5.76. The Kier molecular flexibility index (Phi) is 6.04. The SMILES string of the molecule is CC(CC(=O)N1CCOCC1)NC1CCCN(c2ncc[nH]c2=O)C1. The summed E-state index contributed by atoms with van der Waals surface area (Å²) in [5.74, 6) is 0.656. The maximum atomic E-state index is 12.3. The summed E-state index contributed by atoms with van der Waals surface area (Å²) in [5.41, 5.74) is -0.154. The molecule has 8 heteroatoms. The van der Waals surface area contributed by atoms with Crippen LogP contribution in [0.5, 0.6) is 0 Å². The van der Waals surface area contributed by atoms with Crippen LogP contribution in [0.3, 0.4) is 0 Å². The largest absolute Gasteiger partial charge is 0.378 e. The van der Waals surface area contributed by atoms with Crippen molar-refractivity contribution < 1.29 is 9.53 Å². The van der Waals surface area contributed by atoms with Crippen LogP contribution in [0.2, 0.25) is 0 Å². The van der Waals surface area contributed by atoms with Crippen molar-refractivity contribution in [1.82, 2.24) is 20.2 Å². The lowest BCUT2D eigenvalue weighted by atomic mass is 10.0. The molecule has 0 aromatic carbocycles. The normalized spacial score (nSPS) is 22.7. The van der Waals surface area contributed by atoms with E-state index in [4.69, 9.17) is 4.74 Å². The highest BCUT2D eigenvalue weighted by atomic mass is 16.5. The topological polar surface area (TPSA) is 90.6 Å². The maximum absolute atomic E-state index is 12.3. The van der Waals surface area contributed by atoms with Crippen LogP contribution in [0.15, 0.2) is 17.2 Å². The summed E-state index contributed by atoms with van der Waals surface area (Å²) >= 11 is 0. The van der Waals surface area contributed by atoms with Crippen molar-refractivity contribution in [2.75, 3.05) is 44.3 Å². The number of nitrogens with one attached hydrogen (secondary N) is 2. The van der Waals surface area contributed by atoms with Gasteiger partial charge in [0.05, 0.1) is 13.2 Å². The number of carbonyl (C=O) groups excluding carboxylic acids is 1. The second-order valence-electron chi connectivity index (χ2n) is 6.79. The smallest absolute Gasteiger partial charge is 0.290 e. The number of piperidine rings is 1. The van der Waals surface area contributed by atoms with Crippen LogP contribution in [0.25, 0.3) is 0 Å². The second-order valence-corrected chi connectivity index (χ2v) is 6.79. The molecule has 2 saturated heterocycles. The minimum atomic E-state index is -0.154. The van der Waals surface area contributed by atoms with Gasteiger partial charge in [0.25, 0.3) is 5.56 Å². The van der Waals surface area contributed by atoms with E-state index in [2.05, 4.69) is 15.3 Å². The summed E-state index contributed by atoms with van der Waals surface area (Å²) in [6.45, 7) is 6.24. The zero-order valence-electron chi connectivity index (χ0n) is 14.7. The zero-order chi connectivity index (χ0) is 17.6. The molecule has 2 atom stereocenters. The number of hydrogen-bond donors (Lipinski definition) is 2. The Morgan fingerprint density at radius 1 is 1.44 bits per heavy atom. The Morgan fingerprint density at radius 2 is 2.24 bits per heavy atom. The minimum absolute atomic E-state index is 0.0994. The van der Waals surface area contributed by atoms with Gasteiger partial charge in [0.1, 0.15) is 0 Å². The van der Waals surface area contributed by atoms with E-state index in [1.165, 1.54) is 0 Å². The van der Waals surface area contributed by atoms with Crippen LogP contribution in [0.1, 0.15) is 26.2 Å². The molecular weight excluding hydrogens is 322 g/mol. The molecule has 2 N–H and O–H groups in total. The molecule has 0 radical (unpaired) electrons. The molecule has 2 aliphatic rings. The Bertz CT molecular complexity index is 629. The van der Waals surface area contributed by atoms with Crippen molar-refractivity contribution in [3.63, 3.8) is 0 Å². The van der Waals surface area contributed by atoms with Crippen LogP contribution in [0, 0.1) is 0 Å². The number of anilines is 1. The molecule has 1 amide bonds. The molecule has 8 nitrogen and oxygen atoms in total. The van der Waals surface area contributed by atoms with Crippen LogP contribution < -0.4 is 15.8 Å². The van der Waals surface area contributed by atoms with Crippen molar-refractivity contribution in [3.8, 4) is 0 Å². The van der Waals surface area contributed by atoms with E-state index in [9.17, 15) is 9.59 Å². The third kappa shape index (κ3) is 4.79. The fourth-order valence-electron chi connectivity index (χ4n) is 3.54. The van der Waals surface area contributed by atoms with E-state index in [0.717, 1.165) is 25.9 Å². The molecule has 0 spiro atoms. The molecule has 0 aliphatic carbocycles. The van der Waals surface area contributed by atoms with Gasteiger partial charge in [-0.25, -0.2) is 4.98 Å². The van der Waals surface area contributed by atoms with Crippen molar-refractivity contribution in [2.45, 2.75) is 38.3 Å². The number of morpholine rings is 1. The van der Waals surface area contributed by atoms with Gasteiger partial charge < -0.3 is 24.8 Å². The van der Waals surface area contributed by atoms with Crippen molar-refractivity contribution in [2.24, 2.45) is 0 Å². The van der Waals surface area contributed by atoms with Crippen LogP contribution in [0.4, 0.5) is 5.82 Å². The number of H-pyrrole nitrogens is 1. The van der Waals surface area contributed by atoms with E-state index >= 15 is 0 Å². The number of aromatic amines is 1. The third-order valence-corrected chi connectivity index (χ3v) is 4.77. The van der Waals surface area contributed by atoms with Gasteiger partial charge in [0, 0.05) is 57.1 Å². The number of amides is 1. The molecule has 1 aromatic heterocycles. The number of carbonyl (C=O) groups is 1. The second kappa shape index (κ2) is 8.44. The number of rotatable bonds is 5. The van der Waals surface area contributed by atoms with Gasteiger partial charge in [-0.3, -0.25) is 9.59 Å². The Balaban J connectivity index is 1.51. The molecule has 138 valence electrons. The molecule has 0 bridgehead atoms.